The summed E-state index contributed by atoms with van der Waals surface area (Å²) in [6, 6.07) is 4.20. The van der Waals surface area contributed by atoms with Crippen molar-refractivity contribution in [3.8, 4) is 11.6 Å². The number of hydrogen-bond acceptors (Lipinski definition) is 4. The van der Waals surface area contributed by atoms with Crippen LogP contribution in [-0.2, 0) is 0 Å². The molecule has 1 aromatic heterocycles. The highest BCUT2D eigenvalue weighted by atomic mass is 79.9. The van der Waals surface area contributed by atoms with Crippen molar-refractivity contribution in [1.29, 1.82) is 0 Å². The number of ether oxygens (including phenoxy) is 1. The summed E-state index contributed by atoms with van der Waals surface area (Å²) in [4.78, 5) is 17.9. The fourth-order valence-corrected chi connectivity index (χ4v) is 1.49. The van der Waals surface area contributed by atoms with Gasteiger partial charge in [0.2, 0.25) is 5.88 Å². The van der Waals surface area contributed by atoms with Gasteiger partial charge in [-0.3, -0.25) is 0 Å². The second kappa shape index (κ2) is 5.09. The van der Waals surface area contributed by atoms with E-state index in [1.807, 2.05) is 0 Å². The number of nitrogens with zero attached hydrogens (tertiary/aromatic N) is 2. The Kier molecular flexibility index (Phi) is 3.52. The molecule has 18 heavy (non-hydrogen) atoms. The third kappa shape index (κ3) is 2.80. The SMILES string of the molecule is O=C(O)c1cnc(Oc2cc(Br)ccc2F)cn1. The van der Waals surface area contributed by atoms with E-state index in [0.717, 1.165) is 12.4 Å². The molecule has 0 amide bonds. The molecule has 0 saturated carbocycles. The summed E-state index contributed by atoms with van der Waals surface area (Å²) in [6.07, 6.45) is 2.15. The average Bonchev–Trinajstić information content (AvgIpc) is 2.34. The van der Waals surface area contributed by atoms with E-state index < -0.39 is 11.8 Å². The highest BCUT2D eigenvalue weighted by molar-refractivity contribution is 9.10. The molecule has 0 aliphatic heterocycles. The molecule has 92 valence electrons. The van der Waals surface area contributed by atoms with Crippen molar-refractivity contribution in [3.63, 3.8) is 0 Å². The predicted octanol–water partition coefficient (Wildman–Crippen LogP) is 2.87. The number of hydrogen-bond donors (Lipinski definition) is 1. The summed E-state index contributed by atoms with van der Waals surface area (Å²) in [5, 5.41) is 8.64. The highest BCUT2D eigenvalue weighted by Gasteiger charge is 2.09. The third-order valence-electron chi connectivity index (χ3n) is 1.96. The topological polar surface area (TPSA) is 72.3 Å². The molecule has 2 rings (SSSR count). The van der Waals surface area contributed by atoms with Gasteiger partial charge in [0.15, 0.2) is 17.3 Å². The zero-order valence-electron chi connectivity index (χ0n) is 8.80. The Balaban J connectivity index is 2.23. The van der Waals surface area contributed by atoms with E-state index in [0.29, 0.717) is 4.47 Å². The summed E-state index contributed by atoms with van der Waals surface area (Å²) >= 11 is 3.18. The minimum atomic E-state index is -1.19. The highest BCUT2D eigenvalue weighted by Crippen LogP contribution is 2.26. The zero-order valence-corrected chi connectivity index (χ0v) is 10.4. The lowest BCUT2D eigenvalue weighted by Crippen LogP contribution is -2.01. The van der Waals surface area contributed by atoms with Crippen LogP contribution in [0.15, 0.2) is 35.1 Å². The minimum Gasteiger partial charge on any atom is -0.476 e. The Morgan fingerprint density at radius 2 is 2.11 bits per heavy atom. The number of carboxylic acids is 1. The maximum absolute atomic E-state index is 13.4. The van der Waals surface area contributed by atoms with Crippen LogP contribution in [0.5, 0.6) is 11.6 Å². The number of aromatic nitrogens is 2. The maximum atomic E-state index is 13.4. The Labute approximate surface area is 109 Å². The summed E-state index contributed by atoms with van der Waals surface area (Å²) in [6.45, 7) is 0. The lowest BCUT2D eigenvalue weighted by molar-refractivity contribution is 0.0690. The fourth-order valence-electron chi connectivity index (χ4n) is 1.15. The van der Waals surface area contributed by atoms with Crippen molar-refractivity contribution in [2.75, 3.05) is 0 Å². The van der Waals surface area contributed by atoms with E-state index in [1.54, 1.807) is 0 Å². The van der Waals surface area contributed by atoms with Gasteiger partial charge in [-0.25, -0.2) is 19.2 Å². The molecule has 1 heterocycles. The largest absolute Gasteiger partial charge is 0.476 e. The molecule has 7 heteroatoms. The van der Waals surface area contributed by atoms with Gasteiger partial charge in [0, 0.05) is 4.47 Å². The summed E-state index contributed by atoms with van der Waals surface area (Å²) in [7, 11) is 0. The first-order valence-electron chi connectivity index (χ1n) is 4.74. The van der Waals surface area contributed by atoms with Crippen molar-refractivity contribution in [1.82, 2.24) is 9.97 Å². The smallest absolute Gasteiger partial charge is 0.356 e. The van der Waals surface area contributed by atoms with Crippen LogP contribution in [0.4, 0.5) is 4.39 Å². The summed E-state index contributed by atoms with van der Waals surface area (Å²) in [5.41, 5.74) is -0.211. The van der Waals surface area contributed by atoms with Crippen LogP contribution in [0, 0.1) is 5.82 Å². The Hall–Kier alpha value is -2.02. The van der Waals surface area contributed by atoms with Crippen LogP contribution < -0.4 is 4.74 Å². The van der Waals surface area contributed by atoms with E-state index in [2.05, 4.69) is 25.9 Å². The first-order chi connectivity index (χ1) is 8.56. The molecule has 5 nitrogen and oxygen atoms in total. The molecular formula is C11H6BrFN2O3. The molecule has 1 N–H and O–H groups in total. The van der Waals surface area contributed by atoms with E-state index in [1.165, 1.54) is 18.2 Å². The van der Waals surface area contributed by atoms with Gasteiger partial charge in [-0.05, 0) is 18.2 Å². The molecule has 1 aromatic carbocycles. The van der Waals surface area contributed by atoms with Gasteiger partial charge < -0.3 is 9.84 Å². The van der Waals surface area contributed by atoms with Crippen LogP contribution >= 0.6 is 15.9 Å². The predicted molar refractivity (Wildman–Crippen MR) is 63.2 cm³/mol. The molecule has 0 saturated heterocycles. The van der Waals surface area contributed by atoms with Gasteiger partial charge in [-0.2, -0.15) is 0 Å². The number of benzene rings is 1. The Morgan fingerprint density at radius 1 is 1.33 bits per heavy atom. The molecule has 0 fully saturated rings. The Bertz CT molecular complexity index is 589. The second-order valence-electron chi connectivity index (χ2n) is 3.22. The number of carboxylic acid groups (broad SMARTS) is 1. The van der Waals surface area contributed by atoms with E-state index >= 15 is 0 Å². The van der Waals surface area contributed by atoms with E-state index in [9.17, 15) is 9.18 Å². The van der Waals surface area contributed by atoms with Crippen LogP contribution in [0.1, 0.15) is 10.5 Å². The molecular weight excluding hydrogens is 307 g/mol. The fraction of sp³-hybridized carbons (Fsp3) is 0. The number of rotatable bonds is 3. The van der Waals surface area contributed by atoms with E-state index in [-0.39, 0.29) is 17.3 Å². The van der Waals surface area contributed by atoms with Crippen LogP contribution in [0.25, 0.3) is 0 Å². The molecule has 2 aromatic rings. The van der Waals surface area contributed by atoms with E-state index in [4.69, 9.17) is 9.84 Å². The van der Waals surface area contributed by atoms with Crippen LogP contribution in [0.3, 0.4) is 0 Å². The lowest BCUT2D eigenvalue weighted by Gasteiger charge is -2.05. The summed E-state index contributed by atoms with van der Waals surface area (Å²) in [5.74, 6) is -1.76. The first-order valence-corrected chi connectivity index (χ1v) is 5.54. The monoisotopic (exact) mass is 312 g/mol. The van der Waals surface area contributed by atoms with Gasteiger partial charge in [0.1, 0.15) is 0 Å². The standard InChI is InChI=1S/C11H6BrFN2O3/c12-6-1-2-7(13)9(3-6)18-10-5-14-8(4-15-10)11(16)17/h1-5H,(H,16,17). The van der Waals surface area contributed by atoms with Gasteiger partial charge in [-0.15, -0.1) is 0 Å². The average molecular weight is 313 g/mol. The quantitative estimate of drug-likeness (QED) is 0.943. The number of halogens is 2. The molecule has 0 aliphatic rings. The maximum Gasteiger partial charge on any atom is 0.356 e. The van der Waals surface area contributed by atoms with Crippen LogP contribution in [0.2, 0.25) is 0 Å². The van der Waals surface area contributed by atoms with Crippen molar-refractivity contribution in [2.24, 2.45) is 0 Å². The normalized spacial score (nSPS) is 10.1. The first kappa shape index (κ1) is 12.4. The van der Waals surface area contributed by atoms with Gasteiger partial charge in [0.25, 0.3) is 0 Å². The van der Waals surface area contributed by atoms with Crippen molar-refractivity contribution < 1.29 is 19.0 Å². The number of aromatic carboxylic acids is 1. The minimum absolute atomic E-state index is 0.0111. The van der Waals surface area contributed by atoms with Crippen molar-refractivity contribution in [2.45, 2.75) is 0 Å². The lowest BCUT2D eigenvalue weighted by atomic mass is 10.3. The molecule has 0 atom stereocenters. The molecule has 0 bridgehead atoms. The molecule has 0 unspecified atom stereocenters. The second-order valence-corrected chi connectivity index (χ2v) is 4.14. The number of carbonyl (C=O) groups is 1. The van der Waals surface area contributed by atoms with Crippen LogP contribution in [-0.4, -0.2) is 21.0 Å². The molecule has 0 radical (unpaired) electrons. The molecule has 0 spiro atoms. The van der Waals surface area contributed by atoms with Gasteiger partial charge in [0.05, 0.1) is 12.4 Å². The van der Waals surface area contributed by atoms with Crippen molar-refractivity contribution in [3.05, 3.63) is 46.6 Å². The zero-order chi connectivity index (χ0) is 13.1. The summed E-state index contributed by atoms with van der Waals surface area (Å²) < 4.78 is 19.2. The molecule has 0 aliphatic carbocycles. The third-order valence-corrected chi connectivity index (χ3v) is 2.45. The van der Waals surface area contributed by atoms with Gasteiger partial charge in [-0.1, -0.05) is 15.9 Å². The van der Waals surface area contributed by atoms with Gasteiger partial charge >= 0.3 is 5.97 Å². The Morgan fingerprint density at radius 3 is 2.72 bits per heavy atom. The van der Waals surface area contributed by atoms with Crippen molar-refractivity contribution >= 4 is 21.9 Å².